The molecule has 0 unspecified atom stereocenters. The molecular weight excluding hydrogens is 353 g/mol. The minimum atomic E-state index is -0.629. The van der Waals surface area contributed by atoms with E-state index in [0.29, 0.717) is 11.4 Å². The molecular formula is C20H21F3N4. The van der Waals surface area contributed by atoms with Crippen molar-refractivity contribution in [2.75, 3.05) is 0 Å². The quantitative estimate of drug-likeness (QED) is 0.734. The van der Waals surface area contributed by atoms with Crippen molar-refractivity contribution in [3.8, 4) is 11.4 Å². The van der Waals surface area contributed by atoms with E-state index in [9.17, 15) is 13.2 Å². The van der Waals surface area contributed by atoms with Crippen molar-refractivity contribution < 1.29 is 13.2 Å². The van der Waals surface area contributed by atoms with Gasteiger partial charge in [0, 0.05) is 0 Å². The molecule has 0 spiro atoms. The molecule has 4 nitrogen and oxygen atoms in total. The fraction of sp³-hybridized carbons (Fsp3) is 0.300. The van der Waals surface area contributed by atoms with Crippen molar-refractivity contribution in [3.05, 3.63) is 71.3 Å². The Hall–Kier alpha value is -2.67. The van der Waals surface area contributed by atoms with Crippen LogP contribution in [0.2, 0.25) is 0 Å². The molecule has 1 heterocycles. The first-order chi connectivity index (χ1) is 12.6. The molecule has 2 N–H and O–H groups in total. The number of hydrogen-bond donors (Lipinski definition) is 1. The van der Waals surface area contributed by atoms with E-state index in [1.54, 1.807) is 12.1 Å². The summed E-state index contributed by atoms with van der Waals surface area (Å²) in [5.74, 6) is -1.13. The molecule has 0 radical (unpaired) electrons. The standard InChI is InChI=1S/C20H21F3N4/c1-20(2,3)17(24)19-25-18(15-10-14(22)7-8-16(15)23)26-27(19)11-12-5-4-6-13(21)9-12/h4-10,17H,11,24H2,1-3H3/t17-/m0/s1. The molecule has 7 heteroatoms. The number of benzene rings is 2. The third kappa shape index (κ3) is 4.19. The summed E-state index contributed by atoms with van der Waals surface area (Å²) in [6.07, 6.45) is 0. The zero-order valence-electron chi connectivity index (χ0n) is 15.4. The number of nitrogens with zero attached hydrogens (tertiary/aromatic N) is 3. The molecule has 0 amide bonds. The highest BCUT2D eigenvalue weighted by Gasteiger charge is 2.28. The smallest absolute Gasteiger partial charge is 0.184 e. The van der Waals surface area contributed by atoms with Gasteiger partial charge in [0.25, 0.3) is 0 Å². The first-order valence-corrected chi connectivity index (χ1v) is 8.55. The minimum absolute atomic E-state index is 0.0399. The lowest BCUT2D eigenvalue weighted by Crippen LogP contribution is -2.29. The predicted octanol–water partition coefficient (Wildman–Crippen LogP) is 4.46. The first kappa shape index (κ1) is 19.1. The van der Waals surface area contributed by atoms with Gasteiger partial charge in [-0.3, -0.25) is 0 Å². The van der Waals surface area contributed by atoms with Crippen LogP contribution < -0.4 is 5.73 Å². The molecule has 1 aromatic heterocycles. The number of nitrogens with two attached hydrogens (primary N) is 1. The Morgan fingerprint density at radius 1 is 1.04 bits per heavy atom. The molecule has 27 heavy (non-hydrogen) atoms. The molecule has 2 aromatic carbocycles. The highest BCUT2D eigenvalue weighted by molar-refractivity contribution is 5.55. The molecule has 0 fully saturated rings. The number of aromatic nitrogens is 3. The van der Waals surface area contributed by atoms with Gasteiger partial charge in [-0.15, -0.1) is 0 Å². The van der Waals surface area contributed by atoms with Crippen LogP contribution in [0.15, 0.2) is 42.5 Å². The van der Waals surface area contributed by atoms with Crippen LogP contribution in [-0.2, 0) is 6.54 Å². The molecule has 142 valence electrons. The van der Waals surface area contributed by atoms with Gasteiger partial charge in [0.15, 0.2) is 5.82 Å². The maximum atomic E-state index is 14.2. The molecule has 0 aliphatic rings. The summed E-state index contributed by atoms with van der Waals surface area (Å²) in [4.78, 5) is 4.39. The third-order valence-corrected chi connectivity index (χ3v) is 4.30. The maximum absolute atomic E-state index is 14.2. The Kier molecular flexibility index (Phi) is 5.06. The normalized spacial score (nSPS) is 13.0. The lowest BCUT2D eigenvalue weighted by molar-refractivity contribution is 0.306. The van der Waals surface area contributed by atoms with E-state index in [1.165, 1.54) is 16.8 Å². The largest absolute Gasteiger partial charge is 0.321 e. The van der Waals surface area contributed by atoms with Crippen LogP contribution in [0.1, 0.15) is 38.2 Å². The minimum Gasteiger partial charge on any atom is -0.321 e. The summed E-state index contributed by atoms with van der Waals surface area (Å²) in [7, 11) is 0. The summed E-state index contributed by atoms with van der Waals surface area (Å²) in [5.41, 5.74) is 6.62. The average Bonchev–Trinajstić information content (AvgIpc) is 2.99. The van der Waals surface area contributed by atoms with Crippen molar-refractivity contribution in [1.82, 2.24) is 14.8 Å². The van der Waals surface area contributed by atoms with E-state index >= 15 is 0 Å². The first-order valence-electron chi connectivity index (χ1n) is 8.55. The Labute approximate surface area is 155 Å². The maximum Gasteiger partial charge on any atom is 0.184 e. The van der Waals surface area contributed by atoms with Gasteiger partial charge in [-0.25, -0.2) is 22.8 Å². The van der Waals surface area contributed by atoms with Crippen LogP contribution in [0.4, 0.5) is 13.2 Å². The van der Waals surface area contributed by atoms with Crippen LogP contribution in [0.25, 0.3) is 11.4 Å². The van der Waals surface area contributed by atoms with Gasteiger partial charge in [-0.1, -0.05) is 32.9 Å². The molecule has 3 aromatic rings. The zero-order valence-corrected chi connectivity index (χ0v) is 15.4. The van der Waals surface area contributed by atoms with E-state index < -0.39 is 17.7 Å². The molecule has 0 aliphatic heterocycles. The molecule has 0 saturated carbocycles. The fourth-order valence-electron chi connectivity index (χ4n) is 2.68. The molecule has 3 rings (SSSR count). The van der Waals surface area contributed by atoms with Gasteiger partial charge in [0.1, 0.15) is 23.3 Å². The number of rotatable bonds is 4. The lowest BCUT2D eigenvalue weighted by atomic mass is 9.87. The molecule has 0 aliphatic carbocycles. The zero-order chi connectivity index (χ0) is 19.8. The Bertz CT molecular complexity index is 960. The summed E-state index contributed by atoms with van der Waals surface area (Å²) in [6.45, 7) is 6.05. The van der Waals surface area contributed by atoms with Crippen molar-refractivity contribution in [2.45, 2.75) is 33.4 Å². The topological polar surface area (TPSA) is 56.7 Å². The Balaban J connectivity index is 2.10. The van der Waals surface area contributed by atoms with Crippen molar-refractivity contribution in [3.63, 3.8) is 0 Å². The van der Waals surface area contributed by atoms with Crippen molar-refractivity contribution in [1.29, 1.82) is 0 Å². The van der Waals surface area contributed by atoms with Crippen LogP contribution in [-0.4, -0.2) is 14.8 Å². The molecule has 1 atom stereocenters. The number of halogens is 3. The monoisotopic (exact) mass is 374 g/mol. The second kappa shape index (κ2) is 7.15. The van der Waals surface area contributed by atoms with Crippen LogP contribution in [0, 0.1) is 22.9 Å². The van der Waals surface area contributed by atoms with Gasteiger partial charge in [-0.05, 0) is 41.3 Å². The van der Waals surface area contributed by atoms with Crippen LogP contribution in [0.5, 0.6) is 0 Å². The summed E-state index contributed by atoms with van der Waals surface area (Å²) in [6, 6.07) is 8.67. The van der Waals surface area contributed by atoms with E-state index in [-0.39, 0.29) is 29.2 Å². The summed E-state index contributed by atoms with van der Waals surface area (Å²) < 4.78 is 42.8. The molecule has 0 bridgehead atoms. The van der Waals surface area contributed by atoms with Crippen LogP contribution in [0.3, 0.4) is 0 Å². The second-order valence-electron chi connectivity index (χ2n) is 7.55. The van der Waals surface area contributed by atoms with Gasteiger partial charge in [0.05, 0.1) is 18.2 Å². The summed E-state index contributed by atoms with van der Waals surface area (Å²) >= 11 is 0. The van der Waals surface area contributed by atoms with Gasteiger partial charge < -0.3 is 5.73 Å². The third-order valence-electron chi connectivity index (χ3n) is 4.30. The lowest BCUT2D eigenvalue weighted by Gasteiger charge is -2.26. The Morgan fingerprint density at radius 2 is 1.74 bits per heavy atom. The van der Waals surface area contributed by atoms with Gasteiger partial charge >= 0.3 is 0 Å². The number of hydrogen-bond acceptors (Lipinski definition) is 3. The highest BCUT2D eigenvalue weighted by Crippen LogP contribution is 2.31. The summed E-state index contributed by atoms with van der Waals surface area (Å²) in [5, 5.41) is 4.34. The van der Waals surface area contributed by atoms with E-state index in [4.69, 9.17) is 5.73 Å². The van der Waals surface area contributed by atoms with E-state index in [2.05, 4.69) is 10.1 Å². The highest BCUT2D eigenvalue weighted by atomic mass is 19.1. The van der Waals surface area contributed by atoms with E-state index in [0.717, 1.165) is 18.2 Å². The van der Waals surface area contributed by atoms with Gasteiger partial charge in [-0.2, -0.15) is 5.10 Å². The van der Waals surface area contributed by atoms with Crippen LogP contribution >= 0.6 is 0 Å². The van der Waals surface area contributed by atoms with Gasteiger partial charge in [0.2, 0.25) is 0 Å². The second-order valence-corrected chi connectivity index (χ2v) is 7.55. The van der Waals surface area contributed by atoms with Crippen molar-refractivity contribution in [2.24, 2.45) is 11.1 Å². The Morgan fingerprint density at radius 3 is 2.41 bits per heavy atom. The fourth-order valence-corrected chi connectivity index (χ4v) is 2.68. The average molecular weight is 374 g/mol. The predicted molar refractivity (Wildman–Crippen MR) is 97.3 cm³/mol. The molecule has 0 saturated heterocycles. The SMILES string of the molecule is CC(C)(C)[C@@H](N)c1nc(-c2cc(F)ccc2F)nn1Cc1cccc(F)c1. The van der Waals surface area contributed by atoms with Crippen molar-refractivity contribution >= 4 is 0 Å². The van der Waals surface area contributed by atoms with E-state index in [1.807, 2.05) is 20.8 Å².